The van der Waals surface area contributed by atoms with Gasteiger partial charge in [0.15, 0.2) is 0 Å². The van der Waals surface area contributed by atoms with Crippen LogP contribution in [0, 0.1) is 11.7 Å². The summed E-state index contributed by atoms with van der Waals surface area (Å²) in [6.45, 7) is 0.984. The number of carbonyl (C=O) groups is 3. The molecule has 0 radical (unpaired) electrons. The Morgan fingerprint density at radius 1 is 0.906 bits per heavy atom. The Bertz CT molecular complexity index is 985. The molecule has 168 valence electrons. The van der Waals surface area contributed by atoms with Gasteiger partial charge in [-0.15, -0.1) is 0 Å². The molecule has 1 aliphatic carbocycles. The van der Waals surface area contributed by atoms with E-state index in [2.05, 4.69) is 10.6 Å². The van der Waals surface area contributed by atoms with Crippen LogP contribution in [0.15, 0.2) is 48.5 Å². The lowest BCUT2D eigenvalue weighted by Crippen LogP contribution is -2.54. The second kappa shape index (κ2) is 9.69. The third-order valence-electron chi connectivity index (χ3n) is 5.99. The van der Waals surface area contributed by atoms with E-state index in [-0.39, 0.29) is 23.8 Å². The molecule has 1 saturated carbocycles. The maximum atomic E-state index is 13.2. The van der Waals surface area contributed by atoms with Crippen LogP contribution >= 0.6 is 11.6 Å². The van der Waals surface area contributed by atoms with Gasteiger partial charge in [-0.05, 0) is 80.1 Å². The van der Waals surface area contributed by atoms with Crippen molar-refractivity contribution in [1.82, 2.24) is 15.5 Å². The molecule has 2 fully saturated rings. The summed E-state index contributed by atoms with van der Waals surface area (Å²) in [6, 6.07) is 11.5. The van der Waals surface area contributed by atoms with Crippen molar-refractivity contribution in [3.8, 4) is 0 Å². The van der Waals surface area contributed by atoms with Crippen molar-refractivity contribution in [2.24, 2.45) is 5.92 Å². The van der Waals surface area contributed by atoms with E-state index in [0.717, 1.165) is 12.8 Å². The van der Waals surface area contributed by atoms with Gasteiger partial charge in [0.25, 0.3) is 11.8 Å². The lowest BCUT2D eigenvalue weighted by Gasteiger charge is -2.36. The fourth-order valence-corrected chi connectivity index (χ4v) is 4.08. The quantitative estimate of drug-likeness (QED) is 0.697. The van der Waals surface area contributed by atoms with Crippen LogP contribution in [0.1, 0.15) is 46.4 Å². The largest absolute Gasteiger partial charge is 0.352 e. The summed E-state index contributed by atoms with van der Waals surface area (Å²) in [5.74, 6) is -1.23. The predicted octanol–water partition coefficient (Wildman–Crippen LogP) is 3.41. The Labute approximate surface area is 191 Å². The fourth-order valence-electron chi connectivity index (χ4n) is 3.95. The average Bonchev–Trinajstić information content (AvgIpc) is 3.62. The number of hydrogen-bond acceptors (Lipinski definition) is 3. The van der Waals surface area contributed by atoms with Crippen LogP contribution in [-0.4, -0.2) is 47.8 Å². The predicted molar refractivity (Wildman–Crippen MR) is 119 cm³/mol. The Balaban J connectivity index is 1.41. The summed E-state index contributed by atoms with van der Waals surface area (Å²) in [4.78, 5) is 40.1. The van der Waals surface area contributed by atoms with Gasteiger partial charge in [0.05, 0.1) is 0 Å². The number of nitrogens with zero attached hydrogens (tertiary/aromatic N) is 1. The Morgan fingerprint density at radius 3 is 2.09 bits per heavy atom. The Kier molecular flexibility index (Phi) is 6.74. The summed E-state index contributed by atoms with van der Waals surface area (Å²) >= 11 is 5.90. The van der Waals surface area contributed by atoms with Gasteiger partial charge in [-0.2, -0.15) is 0 Å². The highest BCUT2D eigenvalue weighted by Crippen LogP contribution is 2.25. The maximum absolute atomic E-state index is 13.2. The van der Waals surface area contributed by atoms with E-state index in [9.17, 15) is 18.8 Å². The van der Waals surface area contributed by atoms with Gasteiger partial charge in [0.1, 0.15) is 11.9 Å². The molecule has 1 atom stereocenters. The molecule has 0 spiro atoms. The summed E-state index contributed by atoms with van der Waals surface area (Å²) in [5.41, 5.74) is 0.867. The van der Waals surface area contributed by atoms with Crippen LogP contribution in [0.5, 0.6) is 0 Å². The van der Waals surface area contributed by atoms with Gasteiger partial charge in [-0.1, -0.05) is 11.6 Å². The van der Waals surface area contributed by atoms with Crippen LogP contribution in [0.3, 0.4) is 0 Å². The SMILES string of the molecule is O=C(N[C@@H](C(=O)NC1CC1)C1CCN(C(=O)c2ccc(Cl)cc2)CC1)c1ccc(F)cc1. The Hall–Kier alpha value is -2.93. The highest BCUT2D eigenvalue weighted by atomic mass is 35.5. The van der Waals surface area contributed by atoms with Crippen LogP contribution < -0.4 is 10.6 Å². The van der Waals surface area contributed by atoms with Crippen LogP contribution in [0.25, 0.3) is 0 Å². The Morgan fingerprint density at radius 2 is 1.50 bits per heavy atom. The van der Waals surface area contributed by atoms with Gasteiger partial charge >= 0.3 is 0 Å². The number of piperidine rings is 1. The number of hydrogen-bond donors (Lipinski definition) is 2. The lowest BCUT2D eigenvalue weighted by atomic mass is 9.88. The standard InChI is InChI=1S/C24H25ClFN3O3/c25-18-5-1-17(2-6-18)24(32)29-13-11-15(12-14-29)21(23(31)27-20-9-10-20)28-22(30)16-3-7-19(26)8-4-16/h1-8,15,20-21H,9-14H2,(H,27,31)(H,28,30)/t21-/m1/s1. The number of halogens is 2. The zero-order valence-electron chi connectivity index (χ0n) is 17.5. The molecule has 2 N–H and O–H groups in total. The molecule has 0 bridgehead atoms. The number of benzene rings is 2. The molecular formula is C24H25ClFN3O3. The normalized spacial score (nSPS) is 17.5. The molecule has 6 nitrogen and oxygen atoms in total. The van der Waals surface area contributed by atoms with Gasteiger partial charge in [-0.25, -0.2) is 4.39 Å². The zero-order chi connectivity index (χ0) is 22.7. The first kappa shape index (κ1) is 22.3. The second-order valence-electron chi connectivity index (χ2n) is 8.38. The van der Waals surface area contributed by atoms with E-state index in [4.69, 9.17) is 11.6 Å². The highest BCUT2D eigenvalue weighted by molar-refractivity contribution is 6.30. The summed E-state index contributed by atoms with van der Waals surface area (Å²) in [7, 11) is 0. The lowest BCUT2D eigenvalue weighted by molar-refractivity contribution is -0.124. The van der Waals surface area contributed by atoms with Crippen molar-refractivity contribution < 1.29 is 18.8 Å². The summed E-state index contributed by atoms with van der Waals surface area (Å²) in [5, 5.41) is 6.39. The number of carbonyl (C=O) groups excluding carboxylic acids is 3. The first-order valence-electron chi connectivity index (χ1n) is 10.8. The highest BCUT2D eigenvalue weighted by Gasteiger charge is 2.36. The van der Waals surface area contributed by atoms with Crippen molar-refractivity contribution in [1.29, 1.82) is 0 Å². The minimum absolute atomic E-state index is 0.0746. The molecule has 2 aliphatic rings. The van der Waals surface area contributed by atoms with Crippen molar-refractivity contribution in [3.05, 3.63) is 70.5 Å². The van der Waals surface area contributed by atoms with E-state index in [1.54, 1.807) is 29.2 Å². The number of amides is 3. The van der Waals surface area contributed by atoms with Gasteiger partial charge in [-0.3, -0.25) is 14.4 Å². The second-order valence-corrected chi connectivity index (χ2v) is 8.81. The van der Waals surface area contributed by atoms with Gasteiger partial charge in [0.2, 0.25) is 5.91 Å². The molecule has 8 heteroatoms. The monoisotopic (exact) mass is 457 g/mol. The van der Waals surface area contributed by atoms with Crippen LogP contribution in [-0.2, 0) is 4.79 Å². The first-order chi connectivity index (χ1) is 15.4. The molecule has 2 aromatic carbocycles. The average molecular weight is 458 g/mol. The molecule has 1 saturated heterocycles. The van der Waals surface area contributed by atoms with Gasteiger partial charge in [0, 0.05) is 35.3 Å². The van der Waals surface area contributed by atoms with E-state index in [0.29, 0.717) is 42.1 Å². The van der Waals surface area contributed by atoms with Crippen LogP contribution in [0.4, 0.5) is 4.39 Å². The minimum atomic E-state index is -0.707. The van der Waals surface area contributed by atoms with E-state index < -0.39 is 17.8 Å². The zero-order valence-corrected chi connectivity index (χ0v) is 18.3. The van der Waals surface area contributed by atoms with Crippen molar-refractivity contribution in [2.45, 2.75) is 37.8 Å². The molecule has 32 heavy (non-hydrogen) atoms. The number of nitrogens with one attached hydrogen (secondary N) is 2. The molecule has 3 amide bonds. The molecule has 0 unspecified atom stereocenters. The van der Waals surface area contributed by atoms with Crippen molar-refractivity contribution in [3.63, 3.8) is 0 Å². The van der Waals surface area contributed by atoms with Gasteiger partial charge < -0.3 is 15.5 Å². The third kappa shape index (κ3) is 5.46. The molecule has 1 aliphatic heterocycles. The summed E-state index contributed by atoms with van der Waals surface area (Å²) in [6.07, 6.45) is 3.06. The van der Waals surface area contributed by atoms with E-state index in [1.807, 2.05) is 0 Å². The summed E-state index contributed by atoms with van der Waals surface area (Å²) < 4.78 is 13.2. The topological polar surface area (TPSA) is 78.5 Å². The maximum Gasteiger partial charge on any atom is 0.253 e. The first-order valence-corrected chi connectivity index (χ1v) is 11.2. The molecular weight excluding hydrogens is 433 g/mol. The van der Waals surface area contributed by atoms with E-state index in [1.165, 1.54) is 24.3 Å². The molecule has 0 aromatic heterocycles. The van der Waals surface area contributed by atoms with Crippen molar-refractivity contribution >= 4 is 29.3 Å². The van der Waals surface area contributed by atoms with E-state index >= 15 is 0 Å². The minimum Gasteiger partial charge on any atom is -0.352 e. The number of likely N-dealkylation sites (tertiary alicyclic amines) is 1. The smallest absolute Gasteiger partial charge is 0.253 e. The number of rotatable bonds is 6. The van der Waals surface area contributed by atoms with Crippen molar-refractivity contribution in [2.75, 3.05) is 13.1 Å². The molecule has 4 rings (SSSR count). The van der Waals surface area contributed by atoms with Crippen LogP contribution in [0.2, 0.25) is 5.02 Å². The molecule has 1 heterocycles. The molecule has 2 aromatic rings. The third-order valence-corrected chi connectivity index (χ3v) is 6.24. The fraction of sp³-hybridized carbons (Fsp3) is 0.375.